The fourth-order valence-corrected chi connectivity index (χ4v) is 8.81. The maximum absolute atomic E-state index is 14.0. The summed E-state index contributed by atoms with van der Waals surface area (Å²) in [6.45, 7) is 2.23. The van der Waals surface area contributed by atoms with E-state index in [4.69, 9.17) is 32.9 Å². The highest BCUT2D eigenvalue weighted by Crippen LogP contribution is 2.47. The molecule has 1 aliphatic carbocycles. The number of pyridine rings is 2. The molecule has 2 atom stereocenters. The van der Waals surface area contributed by atoms with E-state index in [0.29, 0.717) is 45.9 Å². The van der Waals surface area contributed by atoms with Crippen LogP contribution in [0.4, 0.5) is 29.5 Å². The topological polar surface area (TPSA) is 135 Å². The predicted molar refractivity (Wildman–Crippen MR) is 203 cm³/mol. The summed E-state index contributed by atoms with van der Waals surface area (Å²) in [6, 6.07) is 13.0. The summed E-state index contributed by atoms with van der Waals surface area (Å²) in [7, 11) is 4.10. The summed E-state index contributed by atoms with van der Waals surface area (Å²) in [6.07, 6.45) is -1.47. The first-order chi connectivity index (χ1) is 26.2. The number of likely N-dealkylation sites (tertiary alicyclic amines) is 1. The zero-order valence-corrected chi connectivity index (χ0v) is 31.4. The standard InChI is InChI=1S/C38H35Cl2F3N8O4/c1-49-26-17-27(38(41,42)43)47-32(29(26)34(52)50(2)36(49)54)45-23-9-5-7-21(31(23)40)20-6-4-8-22(30(20)39)24-16-19-10-11-25(28(19)33(46-24)55-3)51-15-13-37(18-51)12-14-44-35(53)48-37/h4-9,16-17,25H,10-15,18H2,1-3H3,(H,45,47)(H2,44,48,53)/t25-,37+/m1/s1. The lowest BCUT2D eigenvalue weighted by molar-refractivity contribution is -0.141. The fraction of sp³-hybridized carbons (Fsp3) is 0.342. The maximum Gasteiger partial charge on any atom is 0.433 e. The Kier molecular flexibility index (Phi) is 9.09. The van der Waals surface area contributed by atoms with Gasteiger partial charge < -0.3 is 20.7 Å². The van der Waals surface area contributed by atoms with E-state index in [0.717, 1.165) is 59.0 Å². The normalized spacial score (nSPS) is 19.8. The van der Waals surface area contributed by atoms with E-state index in [1.54, 1.807) is 31.4 Å². The molecule has 3 aliphatic rings. The van der Waals surface area contributed by atoms with Crippen LogP contribution in [0.1, 0.15) is 42.1 Å². The van der Waals surface area contributed by atoms with E-state index in [1.165, 1.54) is 20.2 Å². The number of nitrogens with zero attached hydrogens (tertiary/aromatic N) is 5. The quantitative estimate of drug-likeness (QED) is 0.176. The van der Waals surface area contributed by atoms with Crippen molar-refractivity contribution in [2.75, 3.05) is 32.1 Å². The molecule has 2 aromatic carbocycles. The molecule has 12 nitrogen and oxygen atoms in total. The Morgan fingerprint density at radius 2 is 1.69 bits per heavy atom. The van der Waals surface area contributed by atoms with Gasteiger partial charge >= 0.3 is 17.9 Å². The number of anilines is 2. The van der Waals surface area contributed by atoms with Gasteiger partial charge in [-0.3, -0.25) is 18.8 Å². The Hall–Kier alpha value is -5.12. The van der Waals surface area contributed by atoms with Crippen molar-refractivity contribution < 1.29 is 22.7 Å². The molecule has 8 rings (SSSR count). The second kappa shape index (κ2) is 13.6. The molecule has 5 aromatic rings. The average Bonchev–Trinajstić information content (AvgIpc) is 3.77. The lowest BCUT2D eigenvalue weighted by atomic mass is 9.93. The van der Waals surface area contributed by atoms with Gasteiger partial charge in [0, 0.05) is 62.0 Å². The number of urea groups is 1. The monoisotopic (exact) mass is 794 g/mol. The zero-order valence-electron chi connectivity index (χ0n) is 29.9. The molecule has 2 aliphatic heterocycles. The number of carbonyl (C=O) groups excluding carboxylic acids is 1. The predicted octanol–water partition coefficient (Wildman–Crippen LogP) is 6.57. The van der Waals surface area contributed by atoms with Gasteiger partial charge in [-0.2, -0.15) is 13.2 Å². The minimum Gasteiger partial charge on any atom is -0.481 e. The number of alkyl halides is 3. The number of carbonyl (C=O) groups is 1. The molecule has 2 saturated heterocycles. The Balaban J connectivity index is 1.15. The molecule has 0 radical (unpaired) electrons. The van der Waals surface area contributed by atoms with Crippen molar-refractivity contribution >= 4 is 51.6 Å². The van der Waals surface area contributed by atoms with Crippen LogP contribution in [0.2, 0.25) is 10.0 Å². The van der Waals surface area contributed by atoms with Gasteiger partial charge in [-0.05, 0) is 49.4 Å². The number of nitrogens with one attached hydrogen (secondary N) is 3. The number of methoxy groups -OCH3 is 1. The Morgan fingerprint density at radius 1 is 0.964 bits per heavy atom. The summed E-state index contributed by atoms with van der Waals surface area (Å²) in [5, 5.41) is 9.06. The van der Waals surface area contributed by atoms with Crippen molar-refractivity contribution in [2.24, 2.45) is 14.1 Å². The number of halogens is 5. The summed E-state index contributed by atoms with van der Waals surface area (Å²) >= 11 is 14.1. The Bertz CT molecular complexity index is 2540. The minimum atomic E-state index is -4.88. The molecular formula is C38H35Cl2F3N8O4. The molecule has 0 saturated carbocycles. The van der Waals surface area contributed by atoms with E-state index < -0.39 is 28.9 Å². The molecule has 1 spiro atoms. The van der Waals surface area contributed by atoms with Crippen molar-refractivity contribution in [1.29, 1.82) is 0 Å². The van der Waals surface area contributed by atoms with Crippen LogP contribution >= 0.6 is 23.2 Å². The fourth-order valence-electron chi connectivity index (χ4n) is 8.21. The van der Waals surface area contributed by atoms with Crippen molar-refractivity contribution in [3.63, 3.8) is 0 Å². The van der Waals surface area contributed by atoms with Crippen LogP contribution in [0.15, 0.2) is 58.1 Å². The van der Waals surface area contributed by atoms with Crippen molar-refractivity contribution in [3.8, 4) is 28.3 Å². The molecule has 3 N–H and O–H groups in total. The number of ether oxygens (including phenoxy) is 1. The third-order valence-corrected chi connectivity index (χ3v) is 11.8. The van der Waals surface area contributed by atoms with E-state index in [2.05, 4.69) is 25.8 Å². The number of hydrogen-bond donors (Lipinski definition) is 3. The van der Waals surface area contributed by atoms with E-state index in [9.17, 15) is 27.6 Å². The van der Waals surface area contributed by atoms with Crippen LogP contribution in [-0.4, -0.2) is 62.3 Å². The summed E-state index contributed by atoms with van der Waals surface area (Å²) in [5.74, 6) is 0.0812. The third kappa shape index (κ3) is 6.27. The van der Waals surface area contributed by atoms with Crippen LogP contribution < -0.4 is 31.9 Å². The average molecular weight is 796 g/mol. The second-order valence-corrected chi connectivity index (χ2v) is 14.9. The van der Waals surface area contributed by atoms with Gasteiger partial charge in [0.05, 0.1) is 39.6 Å². The summed E-state index contributed by atoms with van der Waals surface area (Å²) < 4.78 is 49.6. The summed E-state index contributed by atoms with van der Waals surface area (Å²) in [5.41, 5.74) is 1.07. The van der Waals surface area contributed by atoms with Crippen LogP contribution in [0, 0.1) is 0 Å². The number of amides is 2. The molecular weight excluding hydrogens is 760 g/mol. The summed E-state index contributed by atoms with van der Waals surface area (Å²) in [4.78, 5) is 49.1. The minimum absolute atomic E-state index is 0.0852. The van der Waals surface area contributed by atoms with Gasteiger partial charge in [0.25, 0.3) is 5.56 Å². The smallest absolute Gasteiger partial charge is 0.433 e. The molecule has 5 heterocycles. The Labute approximate surface area is 322 Å². The van der Waals surface area contributed by atoms with Crippen LogP contribution in [0.5, 0.6) is 5.88 Å². The maximum atomic E-state index is 14.0. The number of rotatable bonds is 6. The number of benzene rings is 2. The van der Waals surface area contributed by atoms with E-state index in [1.807, 2.05) is 12.1 Å². The molecule has 55 heavy (non-hydrogen) atoms. The Morgan fingerprint density at radius 3 is 2.42 bits per heavy atom. The van der Waals surface area contributed by atoms with Crippen LogP contribution in [-0.2, 0) is 26.7 Å². The second-order valence-electron chi connectivity index (χ2n) is 14.2. The first-order valence-electron chi connectivity index (χ1n) is 17.6. The SMILES string of the molecule is COc1nc(-c2cccc(-c3cccc(Nc4nc(C(F)(F)F)cc5c4c(=O)n(C)c(=O)n5C)c3Cl)c2Cl)cc2c1[C@H](N1CC[C@@]3(CCNC(=O)N3)C1)CC2. The molecule has 286 valence electrons. The molecule has 3 aromatic heterocycles. The van der Waals surface area contributed by atoms with Gasteiger partial charge in [-0.25, -0.2) is 19.6 Å². The highest BCUT2D eigenvalue weighted by molar-refractivity contribution is 6.39. The van der Waals surface area contributed by atoms with Crippen LogP contribution in [0.3, 0.4) is 0 Å². The zero-order chi connectivity index (χ0) is 39.0. The molecule has 0 unspecified atom stereocenters. The van der Waals surface area contributed by atoms with Gasteiger partial charge in [-0.1, -0.05) is 53.5 Å². The van der Waals surface area contributed by atoms with Gasteiger partial charge in [0.1, 0.15) is 16.9 Å². The van der Waals surface area contributed by atoms with E-state index in [-0.39, 0.29) is 39.2 Å². The lowest BCUT2D eigenvalue weighted by Crippen LogP contribution is -2.59. The third-order valence-electron chi connectivity index (χ3n) is 11.0. The number of fused-ring (bicyclic) bond motifs is 2. The number of aryl methyl sites for hydroxylation is 2. The molecule has 2 fully saturated rings. The highest BCUT2D eigenvalue weighted by Gasteiger charge is 2.45. The number of aromatic nitrogens is 4. The molecule has 17 heteroatoms. The van der Waals surface area contributed by atoms with Gasteiger partial charge in [-0.15, -0.1) is 0 Å². The highest BCUT2D eigenvalue weighted by atomic mass is 35.5. The lowest BCUT2D eigenvalue weighted by Gasteiger charge is -2.36. The first-order valence-corrected chi connectivity index (χ1v) is 18.4. The first kappa shape index (κ1) is 36.8. The van der Waals surface area contributed by atoms with Crippen molar-refractivity contribution in [3.05, 3.63) is 96.2 Å². The van der Waals surface area contributed by atoms with Crippen molar-refractivity contribution in [2.45, 2.75) is 43.4 Å². The number of hydrogen-bond acceptors (Lipinski definition) is 8. The van der Waals surface area contributed by atoms with Crippen molar-refractivity contribution in [1.82, 2.24) is 34.6 Å². The van der Waals surface area contributed by atoms with Gasteiger partial charge in [0.15, 0.2) is 0 Å². The van der Waals surface area contributed by atoms with Gasteiger partial charge in [0.2, 0.25) is 5.88 Å². The molecule has 2 amide bonds. The van der Waals surface area contributed by atoms with Crippen LogP contribution in [0.25, 0.3) is 33.3 Å². The molecule has 0 bridgehead atoms. The van der Waals surface area contributed by atoms with E-state index >= 15 is 0 Å². The largest absolute Gasteiger partial charge is 0.481 e.